The highest BCUT2D eigenvalue weighted by molar-refractivity contribution is 5.79. The fourth-order valence-corrected chi connectivity index (χ4v) is 4.73. The van der Waals surface area contributed by atoms with E-state index in [2.05, 4.69) is 27.7 Å². The van der Waals surface area contributed by atoms with Gasteiger partial charge < -0.3 is 0 Å². The number of hydrogen-bond donors (Lipinski definition) is 0. The van der Waals surface area contributed by atoms with Crippen LogP contribution in [0.1, 0.15) is 79.1 Å². The minimum atomic E-state index is 0.558. The number of carbonyl (C=O) groups is 1. The first kappa shape index (κ1) is 16.0. The number of Topliss-reactive ketones (excluding diaryl/α,β-unsaturated/α-hetero) is 1. The molecule has 0 aliphatic heterocycles. The minimum absolute atomic E-state index is 0.558. The van der Waals surface area contributed by atoms with Crippen LogP contribution in [0.15, 0.2) is 0 Å². The van der Waals surface area contributed by atoms with Gasteiger partial charge in [0.1, 0.15) is 5.78 Å². The van der Waals surface area contributed by atoms with Crippen molar-refractivity contribution in [3.05, 3.63) is 0 Å². The van der Waals surface area contributed by atoms with Gasteiger partial charge in [-0.15, -0.1) is 0 Å². The Kier molecular flexibility index (Phi) is 5.69. The van der Waals surface area contributed by atoms with E-state index < -0.39 is 0 Å². The minimum Gasteiger partial charge on any atom is -0.300 e. The predicted molar refractivity (Wildman–Crippen MR) is 85.6 cm³/mol. The normalized spacial score (nSPS) is 42.4. The zero-order valence-corrected chi connectivity index (χ0v) is 14.0. The molecule has 0 bridgehead atoms. The van der Waals surface area contributed by atoms with Gasteiger partial charge in [-0.3, -0.25) is 4.79 Å². The Morgan fingerprint density at radius 1 is 0.750 bits per heavy atom. The van der Waals surface area contributed by atoms with E-state index in [0.29, 0.717) is 17.6 Å². The molecule has 116 valence electrons. The molecule has 0 spiro atoms. The summed E-state index contributed by atoms with van der Waals surface area (Å²) in [5.41, 5.74) is 0. The van der Waals surface area contributed by atoms with Crippen molar-refractivity contribution in [3.63, 3.8) is 0 Å². The van der Waals surface area contributed by atoms with Crippen molar-refractivity contribution in [3.8, 4) is 0 Å². The van der Waals surface area contributed by atoms with Gasteiger partial charge >= 0.3 is 0 Å². The van der Waals surface area contributed by atoms with Gasteiger partial charge in [-0.1, -0.05) is 40.5 Å². The van der Waals surface area contributed by atoms with E-state index in [1.165, 1.54) is 38.5 Å². The van der Waals surface area contributed by atoms with Crippen LogP contribution < -0.4 is 0 Å². The fraction of sp³-hybridized carbons (Fsp3) is 0.947. The third-order valence-electron chi connectivity index (χ3n) is 6.20. The number of rotatable bonds is 4. The topological polar surface area (TPSA) is 17.1 Å². The molecule has 20 heavy (non-hydrogen) atoms. The summed E-state index contributed by atoms with van der Waals surface area (Å²) in [6, 6.07) is 0. The number of ketones is 1. The smallest absolute Gasteiger partial charge is 0.133 e. The molecule has 2 aliphatic rings. The van der Waals surface area contributed by atoms with E-state index in [1.54, 1.807) is 0 Å². The van der Waals surface area contributed by atoms with E-state index in [-0.39, 0.29) is 0 Å². The summed E-state index contributed by atoms with van der Waals surface area (Å²) in [5.74, 6) is 5.17. The maximum atomic E-state index is 12.4. The van der Waals surface area contributed by atoms with Gasteiger partial charge in [0.2, 0.25) is 0 Å². The van der Waals surface area contributed by atoms with Gasteiger partial charge in [0.05, 0.1) is 0 Å². The van der Waals surface area contributed by atoms with E-state index in [9.17, 15) is 4.79 Å². The summed E-state index contributed by atoms with van der Waals surface area (Å²) in [7, 11) is 0. The second-order valence-corrected chi connectivity index (χ2v) is 8.26. The van der Waals surface area contributed by atoms with Crippen LogP contribution in [0.5, 0.6) is 0 Å². The number of carbonyl (C=O) groups excluding carboxylic acids is 1. The summed E-state index contributed by atoms with van der Waals surface area (Å²) in [6.07, 6.45) is 9.62. The molecule has 1 nitrogen and oxygen atoms in total. The molecular formula is C19H34O. The standard InChI is InChI=1S/C19H34O/c1-13-5-7-17(15(3)9-13)11-19(20)12-18-8-6-14(2)10-16(18)4/h13-18H,5-12H2,1-4H3. The first-order valence-corrected chi connectivity index (χ1v) is 8.97. The molecule has 0 aromatic heterocycles. The van der Waals surface area contributed by atoms with Crippen LogP contribution in [0.4, 0.5) is 0 Å². The molecule has 0 radical (unpaired) electrons. The highest BCUT2D eigenvalue weighted by Crippen LogP contribution is 2.38. The van der Waals surface area contributed by atoms with Crippen LogP contribution >= 0.6 is 0 Å². The summed E-state index contributed by atoms with van der Waals surface area (Å²) >= 11 is 0. The Balaban J connectivity index is 1.77. The molecule has 0 aromatic rings. The SMILES string of the molecule is CC1CCC(CC(=O)CC2CCC(C)CC2C)C(C)C1. The molecule has 6 unspecified atom stereocenters. The first-order chi connectivity index (χ1) is 9.45. The van der Waals surface area contributed by atoms with Crippen molar-refractivity contribution < 1.29 is 4.79 Å². The van der Waals surface area contributed by atoms with Crippen LogP contribution in [0, 0.1) is 35.5 Å². The fourth-order valence-electron chi connectivity index (χ4n) is 4.73. The summed E-state index contributed by atoms with van der Waals surface area (Å²) in [4.78, 5) is 12.4. The maximum Gasteiger partial charge on any atom is 0.133 e. The molecule has 2 saturated carbocycles. The molecule has 0 saturated heterocycles. The van der Waals surface area contributed by atoms with Gasteiger partial charge in [-0.05, 0) is 61.2 Å². The third kappa shape index (κ3) is 4.33. The Hall–Kier alpha value is -0.330. The van der Waals surface area contributed by atoms with Crippen molar-refractivity contribution in [2.75, 3.05) is 0 Å². The lowest BCUT2D eigenvalue weighted by Crippen LogP contribution is -2.27. The second-order valence-electron chi connectivity index (χ2n) is 8.26. The molecule has 2 rings (SSSR count). The van der Waals surface area contributed by atoms with E-state index >= 15 is 0 Å². The van der Waals surface area contributed by atoms with Crippen LogP contribution in [0.25, 0.3) is 0 Å². The molecule has 0 heterocycles. The maximum absolute atomic E-state index is 12.4. The highest BCUT2D eigenvalue weighted by Gasteiger charge is 2.30. The molecule has 2 fully saturated rings. The molecule has 0 amide bonds. The summed E-state index contributed by atoms with van der Waals surface area (Å²) in [5, 5.41) is 0. The van der Waals surface area contributed by atoms with Crippen molar-refractivity contribution in [1.29, 1.82) is 0 Å². The Morgan fingerprint density at radius 3 is 1.50 bits per heavy atom. The highest BCUT2D eigenvalue weighted by atomic mass is 16.1. The average Bonchev–Trinajstić information content (AvgIpc) is 2.36. The van der Waals surface area contributed by atoms with Gasteiger partial charge in [0, 0.05) is 12.8 Å². The number of hydrogen-bond acceptors (Lipinski definition) is 1. The van der Waals surface area contributed by atoms with Gasteiger partial charge in [-0.2, -0.15) is 0 Å². The van der Waals surface area contributed by atoms with Gasteiger partial charge in [-0.25, -0.2) is 0 Å². The Bertz CT molecular complexity index is 292. The molecule has 0 aromatic carbocycles. The van der Waals surface area contributed by atoms with Crippen LogP contribution in [-0.4, -0.2) is 5.78 Å². The van der Waals surface area contributed by atoms with Crippen LogP contribution in [0.3, 0.4) is 0 Å². The monoisotopic (exact) mass is 278 g/mol. The zero-order chi connectivity index (χ0) is 14.7. The molecule has 0 N–H and O–H groups in total. The van der Waals surface area contributed by atoms with Crippen molar-refractivity contribution in [1.82, 2.24) is 0 Å². The van der Waals surface area contributed by atoms with E-state index in [4.69, 9.17) is 0 Å². The van der Waals surface area contributed by atoms with Gasteiger partial charge in [0.15, 0.2) is 0 Å². The lowest BCUT2D eigenvalue weighted by Gasteiger charge is -2.34. The molecule has 6 atom stereocenters. The van der Waals surface area contributed by atoms with Crippen LogP contribution in [0.2, 0.25) is 0 Å². The predicted octanol–water partition coefficient (Wildman–Crippen LogP) is 5.48. The molecule has 2 aliphatic carbocycles. The van der Waals surface area contributed by atoms with Gasteiger partial charge in [0.25, 0.3) is 0 Å². The van der Waals surface area contributed by atoms with Crippen LogP contribution in [-0.2, 0) is 4.79 Å². The largest absolute Gasteiger partial charge is 0.300 e. The van der Waals surface area contributed by atoms with Crippen molar-refractivity contribution >= 4 is 5.78 Å². The summed E-state index contributed by atoms with van der Waals surface area (Å²) in [6.45, 7) is 9.44. The quantitative estimate of drug-likeness (QED) is 0.665. The first-order valence-electron chi connectivity index (χ1n) is 8.97. The lowest BCUT2D eigenvalue weighted by molar-refractivity contribution is -0.122. The zero-order valence-electron chi connectivity index (χ0n) is 14.0. The van der Waals surface area contributed by atoms with E-state index in [0.717, 1.165) is 36.5 Å². The van der Waals surface area contributed by atoms with Crippen molar-refractivity contribution in [2.24, 2.45) is 35.5 Å². The molecular weight excluding hydrogens is 244 g/mol. The third-order valence-corrected chi connectivity index (χ3v) is 6.20. The average molecular weight is 278 g/mol. The van der Waals surface area contributed by atoms with Crippen molar-refractivity contribution in [2.45, 2.75) is 79.1 Å². The summed E-state index contributed by atoms with van der Waals surface area (Å²) < 4.78 is 0. The Labute approximate surface area is 125 Å². The lowest BCUT2D eigenvalue weighted by atomic mass is 9.71. The second kappa shape index (κ2) is 7.09. The van der Waals surface area contributed by atoms with E-state index in [1.807, 2.05) is 0 Å². The molecule has 1 heteroatoms. The Morgan fingerprint density at radius 2 is 1.15 bits per heavy atom.